The van der Waals surface area contributed by atoms with E-state index in [0.717, 1.165) is 11.1 Å². The van der Waals surface area contributed by atoms with Gasteiger partial charge in [-0.25, -0.2) is 4.79 Å². The number of rotatable bonds is 7. The van der Waals surface area contributed by atoms with E-state index in [1.54, 1.807) is 4.90 Å². The topological polar surface area (TPSA) is 66.8 Å². The van der Waals surface area contributed by atoms with E-state index in [-0.39, 0.29) is 12.5 Å². The molecule has 0 heterocycles. The van der Waals surface area contributed by atoms with Crippen LogP contribution in [0.3, 0.4) is 0 Å². The summed E-state index contributed by atoms with van der Waals surface area (Å²) < 4.78 is 4.82. The molecule has 1 amide bonds. The van der Waals surface area contributed by atoms with Crippen LogP contribution in [-0.2, 0) is 20.9 Å². The average Bonchev–Trinajstić information content (AvgIpc) is 2.37. The average molecular weight is 265 g/mol. The van der Waals surface area contributed by atoms with Crippen LogP contribution in [0.2, 0.25) is 0 Å². The molecule has 0 aliphatic carbocycles. The second kappa shape index (κ2) is 7.53. The number of benzene rings is 1. The smallest absolute Gasteiger partial charge is 0.329 e. The molecule has 0 aromatic heterocycles. The van der Waals surface area contributed by atoms with Crippen molar-refractivity contribution in [2.45, 2.75) is 20.4 Å². The lowest BCUT2D eigenvalue weighted by atomic mass is 10.1. The number of carbonyl (C=O) groups is 2. The molecule has 0 bridgehead atoms. The minimum atomic E-state index is -1.07. The molecule has 1 aromatic carbocycles. The van der Waals surface area contributed by atoms with Gasteiger partial charge in [-0.15, -0.1) is 0 Å². The third kappa shape index (κ3) is 5.09. The Morgan fingerprint density at radius 1 is 1.26 bits per heavy atom. The minimum absolute atomic E-state index is 0.202. The van der Waals surface area contributed by atoms with Crippen molar-refractivity contribution < 1.29 is 19.4 Å². The summed E-state index contributed by atoms with van der Waals surface area (Å²) in [5.74, 6) is -1.28. The van der Waals surface area contributed by atoms with Crippen LogP contribution in [0.25, 0.3) is 0 Å². The predicted octanol–water partition coefficient (Wildman–Crippen LogP) is 1.44. The highest BCUT2D eigenvalue weighted by molar-refractivity contribution is 5.78. The van der Waals surface area contributed by atoms with E-state index in [4.69, 9.17) is 9.84 Å². The van der Waals surface area contributed by atoms with Gasteiger partial charge in [0.1, 0.15) is 13.2 Å². The number of carbonyl (C=O) groups excluding carboxylic acids is 1. The van der Waals surface area contributed by atoms with Crippen molar-refractivity contribution in [3.8, 4) is 0 Å². The van der Waals surface area contributed by atoms with Gasteiger partial charge < -0.3 is 14.7 Å². The molecule has 0 atom stereocenters. The highest BCUT2D eigenvalue weighted by atomic mass is 16.5. The number of aliphatic carboxylic acids is 1. The summed E-state index contributed by atoms with van der Waals surface area (Å²) in [4.78, 5) is 23.8. The van der Waals surface area contributed by atoms with Gasteiger partial charge in [0.25, 0.3) is 0 Å². The van der Waals surface area contributed by atoms with Crippen LogP contribution in [-0.4, -0.2) is 41.6 Å². The van der Waals surface area contributed by atoms with E-state index in [1.807, 2.05) is 38.1 Å². The van der Waals surface area contributed by atoms with E-state index >= 15 is 0 Å². The van der Waals surface area contributed by atoms with Crippen molar-refractivity contribution in [2.24, 2.45) is 0 Å². The van der Waals surface area contributed by atoms with Gasteiger partial charge in [-0.1, -0.05) is 24.3 Å². The van der Waals surface area contributed by atoms with E-state index in [1.165, 1.54) is 0 Å². The monoisotopic (exact) mass is 265 g/mol. The summed E-state index contributed by atoms with van der Waals surface area (Å²) >= 11 is 0. The van der Waals surface area contributed by atoms with Crippen molar-refractivity contribution in [1.82, 2.24) is 4.90 Å². The number of carboxylic acid groups (broad SMARTS) is 1. The molecule has 104 valence electrons. The molecule has 0 radical (unpaired) electrons. The highest BCUT2D eigenvalue weighted by Gasteiger charge is 2.13. The van der Waals surface area contributed by atoms with Gasteiger partial charge in [0, 0.05) is 13.1 Å². The molecule has 0 aliphatic heterocycles. The second-order valence-corrected chi connectivity index (χ2v) is 4.22. The second-order valence-electron chi connectivity index (χ2n) is 4.22. The lowest BCUT2D eigenvalue weighted by molar-refractivity contribution is -0.146. The van der Waals surface area contributed by atoms with Gasteiger partial charge in [-0.05, 0) is 25.0 Å². The molecule has 0 saturated heterocycles. The number of ether oxygens (including phenoxy) is 1. The summed E-state index contributed by atoms with van der Waals surface area (Å²) in [5, 5.41) is 8.44. The quantitative estimate of drug-likeness (QED) is 0.810. The largest absolute Gasteiger partial charge is 0.480 e. The number of carboxylic acids is 1. The molecular weight excluding hydrogens is 246 g/mol. The van der Waals surface area contributed by atoms with Gasteiger partial charge in [0.2, 0.25) is 5.91 Å². The normalized spacial score (nSPS) is 10.2. The maximum Gasteiger partial charge on any atom is 0.329 e. The fourth-order valence-electron chi connectivity index (χ4n) is 1.69. The number of likely N-dealkylation sites (N-methyl/N-ethyl adjacent to an activating group) is 1. The van der Waals surface area contributed by atoms with Crippen LogP contribution in [0.15, 0.2) is 24.3 Å². The molecule has 0 aliphatic rings. The number of nitrogens with zero attached hydrogens (tertiary/aromatic N) is 1. The number of aryl methyl sites for hydroxylation is 1. The summed E-state index contributed by atoms with van der Waals surface area (Å²) in [7, 11) is 0. The summed E-state index contributed by atoms with van der Waals surface area (Å²) in [5.41, 5.74) is 2.20. The van der Waals surface area contributed by atoms with E-state index in [0.29, 0.717) is 13.1 Å². The van der Waals surface area contributed by atoms with Crippen LogP contribution in [0, 0.1) is 6.92 Å². The zero-order valence-corrected chi connectivity index (χ0v) is 11.3. The third-order valence-electron chi connectivity index (χ3n) is 2.81. The van der Waals surface area contributed by atoms with Crippen molar-refractivity contribution in [3.05, 3.63) is 35.4 Å². The maximum absolute atomic E-state index is 11.9. The van der Waals surface area contributed by atoms with E-state index in [2.05, 4.69) is 0 Å². The molecule has 1 aromatic rings. The lowest BCUT2D eigenvalue weighted by Gasteiger charge is -2.21. The first-order valence-electron chi connectivity index (χ1n) is 6.16. The van der Waals surface area contributed by atoms with Crippen LogP contribution < -0.4 is 0 Å². The van der Waals surface area contributed by atoms with Crippen LogP contribution in [0.4, 0.5) is 0 Å². The third-order valence-corrected chi connectivity index (χ3v) is 2.81. The Labute approximate surface area is 112 Å². The molecule has 19 heavy (non-hydrogen) atoms. The molecule has 1 rings (SSSR count). The van der Waals surface area contributed by atoms with Crippen LogP contribution in [0.5, 0.6) is 0 Å². The van der Waals surface area contributed by atoms with E-state index < -0.39 is 12.6 Å². The summed E-state index contributed by atoms with van der Waals surface area (Å²) in [6.45, 7) is 4.30. The Bertz CT molecular complexity index is 445. The highest BCUT2D eigenvalue weighted by Crippen LogP contribution is 2.10. The standard InChI is InChI=1S/C14H19NO4/c1-3-15(13(16)9-19-10-14(17)18)8-12-7-5-4-6-11(12)2/h4-7H,3,8-10H2,1-2H3,(H,17,18). The van der Waals surface area contributed by atoms with Gasteiger partial charge in [0.05, 0.1) is 0 Å². The fraction of sp³-hybridized carbons (Fsp3) is 0.429. The van der Waals surface area contributed by atoms with Crippen molar-refractivity contribution in [1.29, 1.82) is 0 Å². The first-order chi connectivity index (χ1) is 9.04. The van der Waals surface area contributed by atoms with Crippen molar-refractivity contribution in [3.63, 3.8) is 0 Å². The Morgan fingerprint density at radius 2 is 1.95 bits per heavy atom. The predicted molar refractivity (Wildman–Crippen MR) is 70.7 cm³/mol. The Balaban J connectivity index is 2.55. The van der Waals surface area contributed by atoms with Gasteiger partial charge in [-0.2, -0.15) is 0 Å². The SMILES string of the molecule is CCN(Cc1ccccc1C)C(=O)COCC(=O)O. The minimum Gasteiger partial charge on any atom is -0.480 e. The lowest BCUT2D eigenvalue weighted by Crippen LogP contribution is -2.34. The van der Waals surface area contributed by atoms with Crippen molar-refractivity contribution >= 4 is 11.9 Å². The molecule has 0 fully saturated rings. The van der Waals surface area contributed by atoms with Gasteiger partial charge in [-0.3, -0.25) is 4.79 Å². The zero-order valence-electron chi connectivity index (χ0n) is 11.3. The summed E-state index contributed by atoms with van der Waals surface area (Å²) in [6.07, 6.45) is 0. The first-order valence-corrected chi connectivity index (χ1v) is 6.16. The molecule has 0 saturated carbocycles. The van der Waals surface area contributed by atoms with Crippen molar-refractivity contribution in [2.75, 3.05) is 19.8 Å². The Hall–Kier alpha value is -1.88. The Kier molecular flexibility index (Phi) is 6.02. The van der Waals surface area contributed by atoms with Gasteiger partial charge >= 0.3 is 5.97 Å². The fourth-order valence-corrected chi connectivity index (χ4v) is 1.69. The number of hydrogen-bond donors (Lipinski definition) is 1. The number of amides is 1. The molecular formula is C14H19NO4. The van der Waals surface area contributed by atoms with Crippen LogP contribution in [0.1, 0.15) is 18.1 Å². The molecule has 1 N–H and O–H groups in total. The maximum atomic E-state index is 11.9. The first kappa shape index (κ1) is 15.2. The van der Waals surface area contributed by atoms with Gasteiger partial charge in [0.15, 0.2) is 0 Å². The zero-order chi connectivity index (χ0) is 14.3. The number of hydrogen-bond acceptors (Lipinski definition) is 3. The molecule has 5 nitrogen and oxygen atoms in total. The van der Waals surface area contributed by atoms with Crippen LogP contribution >= 0.6 is 0 Å². The summed E-state index contributed by atoms with van der Waals surface area (Å²) in [6, 6.07) is 7.85. The molecule has 0 spiro atoms. The Morgan fingerprint density at radius 3 is 2.53 bits per heavy atom. The molecule has 5 heteroatoms. The van der Waals surface area contributed by atoms with E-state index in [9.17, 15) is 9.59 Å². The molecule has 0 unspecified atom stereocenters.